The van der Waals surface area contributed by atoms with Crippen molar-refractivity contribution >= 4 is 17.9 Å². The Labute approximate surface area is 125 Å². The van der Waals surface area contributed by atoms with Gasteiger partial charge in [-0.05, 0) is 52.8 Å². The predicted molar refractivity (Wildman–Crippen MR) is 85.5 cm³/mol. The third-order valence-electron chi connectivity index (χ3n) is 3.25. The van der Waals surface area contributed by atoms with Gasteiger partial charge in [0.05, 0.1) is 5.60 Å². The van der Waals surface area contributed by atoms with Gasteiger partial charge in [0.2, 0.25) is 0 Å². The molecule has 0 atom stereocenters. The minimum Gasteiger partial charge on any atom is -0.483 e. The highest BCUT2D eigenvalue weighted by Gasteiger charge is 2.24. The fourth-order valence-electron chi connectivity index (χ4n) is 2.12. The van der Waals surface area contributed by atoms with E-state index in [1.54, 1.807) is 39.0 Å². The first kappa shape index (κ1) is 15.5. The Morgan fingerprint density at radius 2 is 2.00 bits per heavy atom. The van der Waals surface area contributed by atoms with E-state index in [4.69, 9.17) is 4.74 Å². The monoisotopic (exact) mass is 286 g/mol. The molecule has 2 rings (SSSR count). The van der Waals surface area contributed by atoms with E-state index < -0.39 is 5.60 Å². The van der Waals surface area contributed by atoms with Crippen LogP contribution in [0.4, 0.5) is 0 Å². The van der Waals surface area contributed by atoms with Gasteiger partial charge in [0.25, 0.3) is 0 Å². The summed E-state index contributed by atoms with van der Waals surface area (Å²) in [5.41, 5.74) is 1.02. The summed E-state index contributed by atoms with van der Waals surface area (Å²) in [7, 11) is 0. The number of fused-ring (bicyclic) bond motifs is 1. The van der Waals surface area contributed by atoms with Crippen molar-refractivity contribution in [3.05, 3.63) is 41.0 Å². The van der Waals surface area contributed by atoms with Gasteiger partial charge in [-0.3, -0.25) is 4.79 Å². The van der Waals surface area contributed by atoms with Crippen molar-refractivity contribution in [1.82, 2.24) is 0 Å². The lowest BCUT2D eigenvalue weighted by Crippen LogP contribution is -2.28. The molecule has 0 amide bonds. The van der Waals surface area contributed by atoms with Crippen LogP contribution in [-0.4, -0.2) is 22.1 Å². The first-order chi connectivity index (χ1) is 9.57. The molecular formula is C18H22O3. The molecule has 112 valence electrons. The molecule has 0 saturated heterocycles. The van der Waals surface area contributed by atoms with Crippen LogP contribution in [0.25, 0.3) is 12.2 Å². The highest BCUT2D eigenvalue weighted by atomic mass is 16.5. The molecule has 0 aliphatic carbocycles. The number of benzene rings is 1. The fraction of sp³-hybridized carbons (Fsp3) is 0.389. The predicted octanol–water partition coefficient (Wildman–Crippen LogP) is 3.86. The SMILES string of the molecule is CC(=O)c1cc(C=CC(C)(C)O)c2c(c1)C=CC(C)(C)O2. The maximum atomic E-state index is 11.7. The molecule has 21 heavy (non-hydrogen) atoms. The average Bonchev–Trinajstić information content (AvgIpc) is 2.33. The lowest BCUT2D eigenvalue weighted by Gasteiger charge is -2.29. The van der Waals surface area contributed by atoms with Crippen LogP contribution in [0, 0.1) is 0 Å². The number of ketones is 1. The second kappa shape index (κ2) is 5.15. The first-order valence-corrected chi connectivity index (χ1v) is 7.06. The van der Waals surface area contributed by atoms with E-state index in [0.29, 0.717) is 5.56 Å². The third kappa shape index (κ3) is 3.82. The molecule has 0 saturated carbocycles. The molecule has 1 aromatic carbocycles. The standard InChI is InChI=1S/C18H22O3/c1-12(19)15-10-13(6-8-17(2,3)20)16-14(11-15)7-9-18(4,5)21-16/h6-11,20H,1-5H3. The van der Waals surface area contributed by atoms with E-state index in [-0.39, 0.29) is 11.4 Å². The lowest BCUT2D eigenvalue weighted by atomic mass is 9.95. The topological polar surface area (TPSA) is 46.5 Å². The fourth-order valence-corrected chi connectivity index (χ4v) is 2.12. The smallest absolute Gasteiger partial charge is 0.159 e. The van der Waals surface area contributed by atoms with Gasteiger partial charge in [0.15, 0.2) is 5.78 Å². The van der Waals surface area contributed by atoms with E-state index in [9.17, 15) is 9.90 Å². The Balaban J connectivity index is 2.57. The molecular weight excluding hydrogens is 264 g/mol. The van der Waals surface area contributed by atoms with Gasteiger partial charge in [-0.25, -0.2) is 0 Å². The molecule has 3 nitrogen and oxygen atoms in total. The van der Waals surface area contributed by atoms with Crippen molar-refractivity contribution in [2.45, 2.75) is 45.8 Å². The molecule has 0 unspecified atom stereocenters. The summed E-state index contributed by atoms with van der Waals surface area (Å²) in [5.74, 6) is 0.752. The van der Waals surface area contributed by atoms with Gasteiger partial charge < -0.3 is 9.84 Å². The van der Waals surface area contributed by atoms with Crippen molar-refractivity contribution in [2.75, 3.05) is 0 Å². The second-order valence-corrected chi connectivity index (χ2v) is 6.57. The summed E-state index contributed by atoms with van der Waals surface area (Å²) in [6.07, 6.45) is 7.46. The van der Waals surface area contributed by atoms with Crippen molar-refractivity contribution in [3.63, 3.8) is 0 Å². The Kier molecular flexibility index (Phi) is 3.81. The zero-order valence-corrected chi connectivity index (χ0v) is 13.2. The molecule has 1 aliphatic rings. The zero-order chi connectivity index (χ0) is 15.8. The number of carbonyl (C=O) groups is 1. The second-order valence-electron chi connectivity index (χ2n) is 6.57. The van der Waals surface area contributed by atoms with Gasteiger partial charge in [-0.1, -0.05) is 18.2 Å². The summed E-state index contributed by atoms with van der Waals surface area (Å²) in [5, 5.41) is 9.86. The van der Waals surface area contributed by atoms with Crippen LogP contribution >= 0.6 is 0 Å². The van der Waals surface area contributed by atoms with Crippen LogP contribution in [0.5, 0.6) is 5.75 Å². The molecule has 0 radical (unpaired) electrons. The van der Waals surface area contributed by atoms with Crippen molar-refractivity contribution in [2.24, 2.45) is 0 Å². The highest BCUT2D eigenvalue weighted by Crippen LogP contribution is 2.36. The number of rotatable bonds is 3. The van der Waals surface area contributed by atoms with E-state index in [1.165, 1.54) is 0 Å². The molecule has 1 aromatic rings. The number of aliphatic hydroxyl groups is 1. The molecule has 1 N–H and O–H groups in total. The summed E-state index contributed by atoms with van der Waals surface area (Å²) < 4.78 is 6.02. The molecule has 0 bridgehead atoms. The lowest BCUT2D eigenvalue weighted by molar-refractivity contribution is 0.101. The van der Waals surface area contributed by atoms with Crippen LogP contribution in [0.3, 0.4) is 0 Å². The normalized spacial score (nSPS) is 16.7. The summed E-state index contributed by atoms with van der Waals surface area (Å²) >= 11 is 0. The minimum absolute atomic E-state index is 0.00828. The Morgan fingerprint density at radius 1 is 1.33 bits per heavy atom. The van der Waals surface area contributed by atoms with E-state index >= 15 is 0 Å². The third-order valence-corrected chi connectivity index (χ3v) is 3.25. The number of hydrogen-bond donors (Lipinski definition) is 1. The van der Waals surface area contributed by atoms with Gasteiger partial charge in [-0.15, -0.1) is 0 Å². The molecule has 1 aliphatic heterocycles. The largest absolute Gasteiger partial charge is 0.483 e. The van der Waals surface area contributed by atoms with Crippen LogP contribution in [0.15, 0.2) is 24.3 Å². The van der Waals surface area contributed by atoms with Crippen LogP contribution in [-0.2, 0) is 0 Å². The summed E-state index contributed by atoms with van der Waals surface area (Å²) in [6.45, 7) is 8.91. The Bertz CT molecular complexity index is 629. The first-order valence-electron chi connectivity index (χ1n) is 7.06. The number of hydrogen-bond acceptors (Lipinski definition) is 3. The van der Waals surface area contributed by atoms with Gasteiger partial charge in [0, 0.05) is 16.7 Å². The molecule has 0 spiro atoms. The molecule has 3 heteroatoms. The van der Waals surface area contributed by atoms with Crippen molar-refractivity contribution in [3.8, 4) is 5.75 Å². The van der Waals surface area contributed by atoms with Gasteiger partial charge in [0.1, 0.15) is 11.4 Å². The van der Waals surface area contributed by atoms with Crippen LogP contribution < -0.4 is 4.74 Å². The van der Waals surface area contributed by atoms with E-state index in [2.05, 4.69) is 0 Å². The number of Topliss-reactive ketones (excluding diaryl/α,β-unsaturated/α-hetero) is 1. The van der Waals surface area contributed by atoms with E-state index in [1.807, 2.05) is 32.1 Å². The maximum absolute atomic E-state index is 11.7. The summed E-state index contributed by atoms with van der Waals surface area (Å²) in [6, 6.07) is 3.64. The van der Waals surface area contributed by atoms with Gasteiger partial charge >= 0.3 is 0 Å². The zero-order valence-electron chi connectivity index (χ0n) is 13.2. The molecule has 0 aromatic heterocycles. The van der Waals surface area contributed by atoms with Crippen molar-refractivity contribution in [1.29, 1.82) is 0 Å². The van der Waals surface area contributed by atoms with Crippen LogP contribution in [0.2, 0.25) is 0 Å². The number of carbonyl (C=O) groups excluding carboxylic acids is 1. The maximum Gasteiger partial charge on any atom is 0.159 e. The highest BCUT2D eigenvalue weighted by molar-refractivity contribution is 5.96. The molecule has 0 fully saturated rings. The minimum atomic E-state index is -0.918. The van der Waals surface area contributed by atoms with Crippen LogP contribution in [0.1, 0.15) is 56.1 Å². The average molecular weight is 286 g/mol. The van der Waals surface area contributed by atoms with Crippen molar-refractivity contribution < 1.29 is 14.6 Å². The van der Waals surface area contributed by atoms with E-state index in [0.717, 1.165) is 16.9 Å². The Morgan fingerprint density at radius 3 is 2.57 bits per heavy atom. The molecule has 1 heterocycles. The quantitative estimate of drug-likeness (QED) is 0.858. The Hall–Kier alpha value is -1.87. The summed E-state index contributed by atoms with van der Waals surface area (Å²) in [4.78, 5) is 11.7. The van der Waals surface area contributed by atoms with Gasteiger partial charge in [-0.2, -0.15) is 0 Å². The number of ether oxygens (including phenoxy) is 1.